The van der Waals surface area contributed by atoms with Crippen molar-refractivity contribution in [1.29, 1.82) is 0 Å². The number of esters is 1. The van der Waals surface area contributed by atoms with Gasteiger partial charge in [-0.3, -0.25) is 9.69 Å². The van der Waals surface area contributed by atoms with E-state index in [9.17, 15) is 9.59 Å². The van der Waals surface area contributed by atoms with Crippen LogP contribution in [0.25, 0.3) is 10.9 Å². The summed E-state index contributed by atoms with van der Waals surface area (Å²) in [5, 5.41) is 0.945. The van der Waals surface area contributed by atoms with E-state index in [1.165, 1.54) is 14.2 Å². The number of ether oxygens (including phenoxy) is 3. The fourth-order valence-electron chi connectivity index (χ4n) is 6.87. The molecule has 166 valence electrons. The van der Waals surface area contributed by atoms with Crippen molar-refractivity contribution >= 4 is 23.0 Å². The average Bonchev–Trinajstić information content (AvgIpc) is 3.09. The minimum atomic E-state index is -0.886. The molecule has 31 heavy (non-hydrogen) atoms. The lowest BCUT2D eigenvalue weighted by Crippen LogP contribution is -2.67. The van der Waals surface area contributed by atoms with E-state index in [1.807, 2.05) is 18.2 Å². The van der Waals surface area contributed by atoms with Gasteiger partial charge in [0.15, 0.2) is 0 Å². The third kappa shape index (κ3) is 2.62. The summed E-state index contributed by atoms with van der Waals surface area (Å²) in [5.41, 5.74) is 1.67. The van der Waals surface area contributed by atoms with Crippen LogP contribution in [0.3, 0.4) is 0 Å². The quantitative estimate of drug-likeness (QED) is 0.701. The van der Waals surface area contributed by atoms with Crippen LogP contribution in [0, 0.1) is 11.8 Å². The van der Waals surface area contributed by atoms with Crippen molar-refractivity contribution in [3.8, 4) is 5.75 Å². The van der Waals surface area contributed by atoms with Gasteiger partial charge < -0.3 is 14.2 Å². The smallest absolute Gasteiger partial charge is 0.418 e. The summed E-state index contributed by atoms with van der Waals surface area (Å²) in [6.07, 6.45) is 3.12. The van der Waals surface area contributed by atoms with Crippen LogP contribution in [0.2, 0.25) is 0 Å². The van der Waals surface area contributed by atoms with Gasteiger partial charge in [0.1, 0.15) is 11.2 Å². The Balaban J connectivity index is 1.89. The third-order valence-electron chi connectivity index (χ3n) is 7.87. The fraction of sp³-hybridized carbons (Fsp3) is 0.583. The molecule has 7 nitrogen and oxygen atoms in total. The Morgan fingerprint density at radius 2 is 2.00 bits per heavy atom. The monoisotopic (exact) mass is 426 g/mol. The number of aromatic nitrogens is 1. The average molecular weight is 427 g/mol. The number of benzene rings is 1. The van der Waals surface area contributed by atoms with Crippen molar-refractivity contribution in [2.75, 3.05) is 34.4 Å². The van der Waals surface area contributed by atoms with Crippen molar-refractivity contribution in [3.05, 3.63) is 29.5 Å². The summed E-state index contributed by atoms with van der Waals surface area (Å²) < 4.78 is 17.8. The van der Waals surface area contributed by atoms with Gasteiger partial charge in [0.25, 0.3) is 0 Å². The van der Waals surface area contributed by atoms with E-state index in [0.29, 0.717) is 18.3 Å². The lowest BCUT2D eigenvalue weighted by molar-refractivity contribution is -0.162. The summed E-state index contributed by atoms with van der Waals surface area (Å²) in [6, 6.07) is 5.73. The van der Waals surface area contributed by atoms with Gasteiger partial charge in [0.2, 0.25) is 0 Å². The van der Waals surface area contributed by atoms with Crippen molar-refractivity contribution in [1.82, 2.24) is 9.47 Å². The van der Waals surface area contributed by atoms with E-state index >= 15 is 0 Å². The lowest BCUT2D eigenvalue weighted by Gasteiger charge is -2.58. The number of carbonyl (C=O) groups excluding carboxylic acids is 2. The Labute approximate surface area is 182 Å². The zero-order chi connectivity index (χ0) is 21.9. The first-order valence-corrected chi connectivity index (χ1v) is 11.1. The second-order valence-corrected chi connectivity index (χ2v) is 9.14. The predicted molar refractivity (Wildman–Crippen MR) is 116 cm³/mol. The summed E-state index contributed by atoms with van der Waals surface area (Å²) in [6.45, 7) is 4.07. The summed E-state index contributed by atoms with van der Waals surface area (Å²) in [7, 11) is 4.49. The molecule has 4 bridgehead atoms. The van der Waals surface area contributed by atoms with Crippen LogP contribution in [0.4, 0.5) is 4.79 Å². The Kier molecular flexibility index (Phi) is 4.77. The van der Waals surface area contributed by atoms with Gasteiger partial charge in [-0.1, -0.05) is 13.3 Å². The van der Waals surface area contributed by atoms with Crippen LogP contribution in [0.1, 0.15) is 37.4 Å². The van der Waals surface area contributed by atoms with Crippen LogP contribution in [0.15, 0.2) is 18.2 Å². The van der Waals surface area contributed by atoms with Gasteiger partial charge in [-0.15, -0.1) is 0 Å². The molecule has 4 aliphatic rings. The van der Waals surface area contributed by atoms with Crippen LogP contribution < -0.4 is 4.74 Å². The van der Waals surface area contributed by atoms with Gasteiger partial charge in [-0.05, 0) is 54.9 Å². The first kappa shape index (κ1) is 20.4. The molecule has 2 aromatic rings. The van der Waals surface area contributed by atoms with Crippen LogP contribution in [0.5, 0.6) is 5.75 Å². The number of methoxy groups -OCH3 is 3. The molecule has 0 amide bonds. The molecule has 3 fully saturated rings. The minimum Gasteiger partial charge on any atom is -0.497 e. The molecule has 7 heteroatoms. The van der Waals surface area contributed by atoms with Crippen molar-refractivity contribution < 1.29 is 23.8 Å². The highest BCUT2D eigenvalue weighted by molar-refractivity contribution is 5.98. The Hall–Kier alpha value is -2.54. The highest BCUT2D eigenvalue weighted by Gasteiger charge is 2.63. The maximum Gasteiger partial charge on any atom is 0.418 e. The number of rotatable bonds is 3. The van der Waals surface area contributed by atoms with E-state index in [0.717, 1.165) is 60.3 Å². The molecule has 2 saturated heterocycles. The Bertz CT molecular complexity index is 1060. The molecule has 0 N–H and O–H groups in total. The molecule has 5 atom stereocenters. The SMILES string of the molecule is CCC1CC2CN3CCc4c(n(C(=O)OC)c5ccc(OC)cc45)C(C(=O)OC)(C2)C13. The summed E-state index contributed by atoms with van der Waals surface area (Å²) >= 11 is 0. The lowest BCUT2D eigenvalue weighted by atomic mass is 9.56. The number of fused-ring (bicyclic) bond motifs is 4. The van der Waals surface area contributed by atoms with Gasteiger partial charge in [-0.2, -0.15) is 0 Å². The number of nitrogens with zero attached hydrogens (tertiary/aromatic N) is 2. The van der Waals surface area contributed by atoms with Crippen molar-refractivity contribution in [2.24, 2.45) is 11.8 Å². The van der Waals surface area contributed by atoms with Gasteiger partial charge in [0, 0.05) is 24.5 Å². The van der Waals surface area contributed by atoms with E-state index in [1.54, 1.807) is 11.7 Å². The van der Waals surface area contributed by atoms with Gasteiger partial charge >= 0.3 is 12.1 Å². The Morgan fingerprint density at radius 1 is 1.19 bits per heavy atom. The largest absolute Gasteiger partial charge is 0.497 e. The number of hydrogen-bond acceptors (Lipinski definition) is 6. The maximum absolute atomic E-state index is 13.7. The van der Waals surface area contributed by atoms with Crippen LogP contribution in [-0.4, -0.2) is 62.0 Å². The van der Waals surface area contributed by atoms with Gasteiger partial charge in [0.05, 0.1) is 32.5 Å². The summed E-state index contributed by atoms with van der Waals surface area (Å²) in [5.74, 6) is 1.27. The van der Waals surface area contributed by atoms with E-state index in [2.05, 4.69) is 11.8 Å². The fourth-order valence-corrected chi connectivity index (χ4v) is 6.87. The standard InChI is InChI=1S/C24H30N2O5/c1-5-15-10-14-12-24(22(27)30-3)20(15)25(13-14)9-8-17-18-11-16(29-2)6-7-19(18)26(21(17)24)23(28)31-4/h6-7,11,14-15,20H,5,8-10,12-13H2,1-4H3. The molecule has 1 saturated carbocycles. The normalized spacial score (nSPS) is 31.1. The molecular weight excluding hydrogens is 396 g/mol. The van der Waals surface area contributed by atoms with Crippen molar-refractivity contribution in [3.63, 3.8) is 0 Å². The molecule has 5 unspecified atom stereocenters. The zero-order valence-electron chi connectivity index (χ0n) is 18.6. The maximum atomic E-state index is 13.7. The predicted octanol–water partition coefficient (Wildman–Crippen LogP) is 3.35. The van der Waals surface area contributed by atoms with Gasteiger partial charge in [-0.25, -0.2) is 9.36 Å². The highest BCUT2D eigenvalue weighted by Crippen LogP contribution is 2.56. The second-order valence-electron chi connectivity index (χ2n) is 9.14. The molecule has 4 heterocycles. The molecule has 0 spiro atoms. The molecule has 6 rings (SSSR count). The first-order chi connectivity index (χ1) is 15.0. The molecular formula is C24H30N2O5. The molecule has 0 radical (unpaired) electrons. The topological polar surface area (TPSA) is 70.0 Å². The molecule has 1 aliphatic carbocycles. The third-order valence-corrected chi connectivity index (χ3v) is 7.87. The molecule has 1 aromatic carbocycles. The Morgan fingerprint density at radius 3 is 2.68 bits per heavy atom. The molecule has 3 aliphatic heterocycles. The first-order valence-electron chi connectivity index (χ1n) is 11.1. The number of hydrogen-bond donors (Lipinski definition) is 0. The minimum absolute atomic E-state index is 0.0193. The van der Waals surface area contributed by atoms with E-state index in [4.69, 9.17) is 14.2 Å². The van der Waals surface area contributed by atoms with E-state index in [-0.39, 0.29) is 12.0 Å². The van der Waals surface area contributed by atoms with Crippen molar-refractivity contribution in [2.45, 2.75) is 44.1 Å². The van der Waals surface area contributed by atoms with Crippen LogP contribution in [-0.2, 0) is 26.1 Å². The molecule has 1 aromatic heterocycles. The number of piperidine rings is 2. The number of carbonyl (C=O) groups is 2. The second kappa shape index (κ2) is 7.26. The van der Waals surface area contributed by atoms with Crippen LogP contribution >= 0.6 is 0 Å². The summed E-state index contributed by atoms with van der Waals surface area (Å²) in [4.78, 5) is 29.3. The highest BCUT2D eigenvalue weighted by atomic mass is 16.5. The van der Waals surface area contributed by atoms with E-state index < -0.39 is 11.5 Å². The zero-order valence-corrected chi connectivity index (χ0v) is 18.6.